The molecule has 2 heteroatoms. The van der Waals surface area contributed by atoms with Crippen molar-refractivity contribution < 1.29 is 4.74 Å². The molecule has 3 rings (SSSR count). The van der Waals surface area contributed by atoms with Crippen LogP contribution in [-0.4, -0.2) is 37.2 Å². The van der Waals surface area contributed by atoms with Gasteiger partial charge in [-0.15, -0.1) is 0 Å². The van der Waals surface area contributed by atoms with Gasteiger partial charge >= 0.3 is 0 Å². The highest BCUT2D eigenvalue weighted by Crippen LogP contribution is 2.51. The summed E-state index contributed by atoms with van der Waals surface area (Å²) in [5.41, 5.74) is 0. The van der Waals surface area contributed by atoms with E-state index >= 15 is 0 Å². The molecule has 3 atom stereocenters. The van der Waals surface area contributed by atoms with Gasteiger partial charge in [0.05, 0.1) is 19.3 Å². The van der Waals surface area contributed by atoms with Gasteiger partial charge in [-0.25, -0.2) is 0 Å². The highest BCUT2D eigenvalue weighted by atomic mass is 16.5. The Balaban J connectivity index is 1.60. The molecule has 1 aliphatic carbocycles. The average molecular weight is 153 g/mol. The first-order valence-electron chi connectivity index (χ1n) is 4.68. The van der Waals surface area contributed by atoms with Gasteiger partial charge in [0.15, 0.2) is 0 Å². The molecular formula is C9H15NO. The number of ether oxygens (including phenoxy) is 1. The first kappa shape index (κ1) is 6.44. The molecule has 2 saturated heterocycles. The lowest BCUT2D eigenvalue weighted by molar-refractivity contribution is -0.0615. The van der Waals surface area contributed by atoms with E-state index in [1.807, 2.05) is 0 Å². The topological polar surface area (TPSA) is 12.5 Å². The lowest BCUT2D eigenvalue weighted by Crippen LogP contribution is -2.48. The van der Waals surface area contributed by atoms with Gasteiger partial charge in [0.25, 0.3) is 0 Å². The number of nitrogens with zero attached hydrogens (tertiary/aromatic N) is 1. The molecule has 0 spiro atoms. The largest absolute Gasteiger partial charge is 0.378 e. The van der Waals surface area contributed by atoms with Crippen LogP contribution in [0.2, 0.25) is 0 Å². The molecule has 1 saturated carbocycles. The first-order chi connectivity index (χ1) is 5.36. The van der Waals surface area contributed by atoms with Crippen LogP contribution in [0.15, 0.2) is 0 Å². The van der Waals surface area contributed by atoms with Crippen LogP contribution < -0.4 is 0 Å². The van der Waals surface area contributed by atoms with Gasteiger partial charge in [-0.2, -0.15) is 0 Å². The van der Waals surface area contributed by atoms with Crippen LogP contribution in [-0.2, 0) is 4.74 Å². The molecule has 3 aliphatic rings. The van der Waals surface area contributed by atoms with E-state index in [1.165, 1.54) is 13.1 Å². The van der Waals surface area contributed by atoms with Crippen LogP contribution in [0.1, 0.15) is 6.92 Å². The van der Waals surface area contributed by atoms with Crippen LogP contribution >= 0.6 is 0 Å². The van der Waals surface area contributed by atoms with Crippen molar-refractivity contribution in [2.45, 2.75) is 13.0 Å². The number of piperidine rings is 1. The predicted molar refractivity (Wildman–Crippen MR) is 42.3 cm³/mol. The van der Waals surface area contributed by atoms with Gasteiger partial charge in [-0.3, -0.25) is 4.90 Å². The van der Waals surface area contributed by atoms with Gasteiger partial charge in [-0.05, 0) is 17.8 Å². The van der Waals surface area contributed by atoms with Crippen molar-refractivity contribution in [2.24, 2.45) is 17.8 Å². The van der Waals surface area contributed by atoms with Gasteiger partial charge in [-0.1, -0.05) is 6.92 Å². The first-order valence-corrected chi connectivity index (χ1v) is 4.68. The Morgan fingerprint density at radius 2 is 1.82 bits per heavy atom. The second-order valence-electron chi connectivity index (χ2n) is 4.33. The third kappa shape index (κ3) is 0.798. The number of likely N-dealkylation sites (tertiary alicyclic amines) is 1. The summed E-state index contributed by atoms with van der Waals surface area (Å²) in [5.74, 6) is 3.14. The van der Waals surface area contributed by atoms with Crippen molar-refractivity contribution in [3.8, 4) is 0 Å². The minimum atomic E-state index is 0.787. The smallest absolute Gasteiger partial charge is 0.0645 e. The van der Waals surface area contributed by atoms with E-state index in [0.29, 0.717) is 0 Å². The molecule has 3 fully saturated rings. The molecule has 0 bridgehead atoms. The molecule has 0 amide bonds. The minimum absolute atomic E-state index is 0.787. The molecule has 11 heavy (non-hydrogen) atoms. The molecule has 0 N–H and O–H groups in total. The molecule has 0 aromatic carbocycles. The van der Waals surface area contributed by atoms with E-state index in [-0.39, 0.29) is 0 Å². The lowest BCUT2D eigenvalue weighted by Gasteiger charge is -2.35. The van der Waals surface area contributed by atoms with E-state index in [2.05, 4.69) is 11.8 Å². The predicted octanol–water partition coefficient (Wildman–Crippen LogP) is 0.583. The minimum Gasteiger partial charge on any atom is -0.378 e. The van der Waals surface area contributed by atoms with Crippen LogP contribution in [0, 0.1) is 17.8 Å². The Kier molecular flexibility index (Phi) is 1.16. The van der Waals surface area contributed by atoms with Gasteiger partial charge in [0.2, 0.25) is 0 Å². The second kappa shape index (κ2) is 1.99. The maximum atomic E-state index is 5.18. The van der Waals surface area contributed by atoms with Gasteiger partial charge in [0.1, 0.15) is 0 Å². The second-order valence-corrected chi connectivity index (χ2v) is 4.33. The van der Waals surface area contributed by atoms with E-state index < -0.39 is 0 Å². The van der Waals surface area contributed by atoms with Crippen LogP contribution in [0.25, 0.3) is 0 Å². The normalized spacial score (nSPS) is 50.5. The van der Waals surface area contributed by atoms with Crippen molar-refractivity contribution in [3.05, 3.63) is 0 Å². The zero-order valence-corrected chi connectivity index (χ0v) is 6.99. The maximum Gasteiger partial charge on any atom is 0.0645 e. The highest BCUT2D eigenvalue weighted by molar-refractivity contribution is 5.04. The van der Waals surface area contributed by atoms with Gasteiger partial charge < -0.3 is 4.74 Å². The van der Waals surface area contributed by atoms with E-state index in [4.69, 9.17) is 4.74 Å². The Morgan fingerprint density at radius 1 is 1.18 bits per heavy atom. The Labute approximate surface area is 67.5 Å². The van der Waals surface area contributed by atoms with Crippen molar-refractivity contribution in [3.63, 3.8) is 0 Å². The fraction of sp³-hybridized carbons (Fsp3) is 1.00. The molecule has 2 aliphatic heterocycles. The number of hydrogen-bond acceptors (Lipinski definition) is 2. The van der Waals surface area contributed by atoms with Crippen molar-refractivity contribution in [2.75, 3.05) is 26.3 Å². The summed E-state index contributed by atoms with van der Waals surface area (Å²) < 4.78 is 5.18. The van der Waals surface area contributed by atoms with E-state index in [1.54, 1.807) is 0 Å². The molecule has 0 aromatic heterocycles. The van der Waals surface area contributed by atoms with Crippen LogP contribution in [0.4, 0.5) is 0 Å². The Bertz CT molecular complexity index is 166. The van der Waals surface area contributed by atoms with Crippen LogP contribution in [0.5, 0.6) is 0 Å². The fourth-order valence-corrected chi connectivity index (χ4v) is 2.59. The Hall–Kier alpha value is -0.0800. The third-order valence-corrected chi connectivity index (χ3v) is 3.79. The summed E-state index contributed by atoms with van der Waals surface area (Å²) in [6, 6.07) is 0.787. The lowest BCUT2D eigenvalue weighted by atomic mass is 10.2. The number of fused-ring (bicyclic) bond motifs is 1. The van der Waals surface area contributed by atoms with Crippen molar-refractivity contribution in [1.82, 2.24) is 4.90 Å². The van der Waals surface area contributed by atoms with Crippen LogP contribution in [0.3, 0.4) is 0 Å². The molecule has 0 aromatic rings. The van der Waals surface area contributed by atoms with Gasteiger partial charge in [0, 0.05) is 13.1 Å². The molecule has 62 valence electrons. The summed E-state index contributed by atoms with van der Waals surface area (Å²) in [4.78, 5) is 2.62. The third-order valence-electron chi connectivity index (χ3n) is 3.79. The molecule has 0 radical (unpaired) electrons. The standard InChI is InChI=1S/C9H15NO/c1-6-8-2-10(3-9(6)8)7-4-11-5-7/h6-9H,2-5H2,1H3/t6?,8-,9?/m1/s1. The van der Waals surface area contributed by atoms with E-state index in [9.17, 15) is 0 Å². The quantitative estimate of drug-likeness (QED) is 0.546. The maximum absolute atomic E-state index is 5.18. The molecule has 2 unspecified atom stereocenters. The highest BCUT2D eigenvalue weighted by Gasteiger charge is 2.54. The fourth-order valence-electron chi connectivity index (χ4n) is 2.59. The summed E-state index contributed by atoms with van der Waals surface area (Å²) >= 11 is 0. The van der Waals surface area contributed by atoms with Crippen molar-refractivity contribution >= 4 is 0 Å². The molecule has 2 heterocycles. The summed E-state index contributed by atoms with van der Waals surface area (Å²) in [7, 11) is 0. The average Bonchev–Trinajstić information content (AvgIpc) is 2.42. The molecular weight excluding hydrogens is 138 g/mol. The number of hydrogen-bond donors (Lipinski definition) is 0. The summed E-state index contributed by atoms with van der Waals surface area (Å²) in [5, 5.41) is 0. The Morgan fingerprint density at radius 3 is 2.27 bits per heavy atom. The molecule has 2 nitrogen and oxygen atoms in total. The monoisotopic (exact) mass is 153 g/mol. The zero-order valence-electron chi connectivity index (χ0n) is 6.99. The SMILES string of the molecule is CC1C2CN(C3COC3)C[C@H]12. The summed E-state index contributed by atoms with van der Waals surface area (Å²) in [6.07, 6.45) is 0. The van der Waals surface area contributed by atoms with E-state index in [0.717, 1.165) is 37.0 Å². The number of rotatable bonds is 1. The summed E-state index contributed by atoms with van der Waals surface area (Å²) in [6.45, 7) is 7.10. The zero-order chi connectivity index (χ0) is 7.42. The van der Waals surface area contributed by atoms with Crippen molar-refractivity contribution in [1.29, 1.82) is 0 Å².